The van der Waals surface area contributed by atoms with Crippen molar-refractivity contribution in [2.24, 2.45) is 4.99 Å². The van der Waals surface area contributed by atoms with Crippen molar-refractivity contribution in [3.8, 4) is 0 Å². The number of benzene rings is 2. The summed E-state index contributed by atoms with van der Waals surface area (Å²) in [5.74, 6) is -0.295. The van der Waals surface area contributed by atoms with E-state index >= 15 is 0 Å². The maximum Gasteiger partial charge on any atom is 0.242 e. The van der Waals surface area contributed by atoms with Crippen molar-refractivity contribution in [1.29, 1.82) is 0 Å². The van der Waals surface area contributed by atoms with E-state index in [2.05, 4.69) is 5.32 Å². The SMILES string of the molecule is COCCN1C(=O)[C@H](CC(=O)Nc2ccccc2C)SC1=Nc1cc(C)ccc1C. The number of thioether (sulfide) groups is 1. The number of carbonyl (C=O) groups is 2. The molecule has 7 heteroatoms. The fourth-order valence-electron chi connectivity index (χ4n) is 3.14. The molecule has 158 valence electrons. The number of hydrogen-bond donors (Lipinski definition) is 1. The zero-order chi connectivity index (χ0) is 21.7. The predicted octanol–water partition coefficient (Wildman–Crippen LogP) is 4.22. The van der Waals surface area contributed by atoms with Gasteiger partial charge < -0.3 is 10.1 Å². The van der Waals surface area contributed by atoms with E-state index in [0.29, 0.717) is 18.3 Å². The molecule has 1 N–H and O–H groups in total. The van der Waals surface area contributed by atoms with Crippen molar-refractivity contribution in [1.82, 2.24) is 4.90 Å². The summed E-state index contributed by atoms with van der Waals surface area (Å²) in [6.07, 6.45) is 0.0904. The number of aliphatic imine (C=N–C) groups is 1. The van der Waals surface area contributed by atoms with Crippen LogP contribution in [0.5, 0.6) is 0 Å². The molecule has 0 radical (unpaired) electrons. The highest BCUT2D eigenvalue weighted by atomic mass is 32.2. The molecule has 0 aromatic heterocycles. The van der Waals surface area contributed by atoms with Crippen molar-refractivity contribution < 1.29 is 14.3 Å². The molecule has 0 bridgehead atoms. The molecular weight excluding hydrogens is 398 g/mol. The van der Waals surface area contributed by atoms with Gasteiger partial charge in [0.15, 0.2) is 5.17 Å². The van der Waals surface area contributed by atoms with Gasteiger partial charge in [-0.2, -0.15) is 0 Å². The smallest absolute Gasteiger partial charge is 0.242 e. The number of aryl methyl sites for hydroxylation is 3. The van der Waals surface area contributed by atoms with Gasteiger partial charge in [-0.3, -0.25) is 14.5 Å². The monoisotopic (exact) mass is 425 g/mol. The molecule has 1 aliphatic heterocycles. The lowest BCUT2D eigenvalue weighted by atomic mass is 10.1. The molecule has 2 aromatic carbocycles. The molecule has 1 fully saturated rings. The maximum absolute atomic E-state index is 13.0. The summed E-state index contributed by atoms with van der Waals surface area (Å²) in [5.41, 5.74) is 4.71. The van der Waals surface area contributed by atoms with Crippen molar-refractivity contribution in [2.75, 3.05) is 25.6 Å². The van der Waals surface area contributed by atoms with Gasteiger partial charge in [0, 0.05) is 19.2 Å². The van der Waals surface area contributed by atoms with Gasteiger partial charge in [-0.25, -0.2) is 4.99 Å². The van der Waals surface area contributed by atoms with Gasteiger partial charge >= 0.3 is 0 Å². The molecule has 1 atom stereocenters. The lowest BCUT2D eigenvalue weighted by Crippen LogP contribution is -2.35. The molecule has 2 amide bonds. The van der Waals surface area contributed by atoms with Crippen LogP contribution >= 0.6 is 11.8 Å². The van der Waals surface area contributed by atoms with E-state index in [1.165, 1.54) is 11.8 Å². The summed E-state index contributed by atoms with van der Waals surface area (Å²) in [6.45, 7) is 6.75. The number of amides is 2. The van der Waals surface area contributed by atoms with E-state index < -0.39 is 5.25 Å². The number of methoxy groups -OCH3 is 1. The summed E-state index contributed by atoms with van der Waals surface area (Å²) < 4.78 is 5.16. The molecule has 0 unspecified atom stereocenters. The van der Waals surface area contributed by atoms with Crippen molar-refractivity contribution in [3.63, 3.8) is 0 Å². The minimum Gasteiger partial charge on any atom is -0.383 e. The Balaban J connectivity index is 1.78. The Kier molecular flexibility index (Phi) is 7.29. The Hall–Kier alpha value is -2.64. The minimum absolute atomic E-state index is 0.0904. The van der Waals surface area contributed by atoms with Crippen molar-refractivity contribution in [3.05, 3.63) is 59.2 Å². The quantitative estimate of drug-likeness (QED) is 0.721. The van der Waals surface area contributed by atoms with Gasteiger partial charge in [-0.15, -0.1) is 0 Å². The normalized spacial score (nSPS) is 17.6. The van der Waals surface area contributed by atoms with E-state index in [0.717, 1.165) is 28.1 Å². The number of anilines is 1. The highest BCUT2D eigenvalue weighted by Crippen LogP contribution is 2.33. The van der Waals surface area contributed by atoms with Gasteiger partial charge in [0.05, 0.1) is 18.8 Å². The number of rotatable bonds is 7. The molecule has 1 aliphatic rings. The van der Waals surface area contributed by atoms with Crippen LogP contribution in [0.1, 0.15) is 23.1 Å². The van der Waals surface area contributed by atoms with E-state index in [1.807, 2.05) is 63.2 Å². The van der Waals surface area contributed by atoms with Crippen molar-refractivity contribution >= 4 is 40.1 Å². The Labute approximate surface area is 181 Å². The second kappa shape index (κ2) is 9.91. The average molecular weight is 426 g/mol. The summed E-state index contributed by atoms with van der Waals surface area (Å²) in [5, 5.41) is 3.01. The van der Waals surface area contributed by atoms with Gasteiger partial charge in [0.2, 0.25) is 11.8 Å². The topological polar surface area (TPSA) is 71.0 Å². The van der Waals surface area contributed by atoms with E-state index in [4.69, 9.17) is 9.73 Å². The zero-order valence-corrected chi connectivity index (χ0v) is 18.6. The number of amidine groups is 1. The number of nitrogens with one attached hydrogen (secondary N) is 1. The largest absolute Gasteiger partial charge is 0.383 e. The van der Waals surface area contributed by atoms with Gasteiger partial charge in [0.25, 0.3) is 0 Å². The van der Waals surface area contributed by atoms with Gasteiger partial charge in [-0.05, 0) is 49.6 Å². The molecule has 2 aromatic rings. The molecule has 30 heavy (non-hydrogen) atoms. The second-order valence-corrected chi connectivity index (χ2v) is 8.51. The molecule has 1 saturated heterocycles. The first-order valence-corrected chi connectivity index (χ1v) is 10.8. The van der Waals surface area contributed by atoms with Crippen LogP contribution in [0.25, 0.3) is 0 Å². The van der Waals surface area contributed by atoms with Crippen LogP contribution in [0.2, 0.25) is 0 Å². The van der Waals surface area contributed by atoms with Crippen LogP contribution in [0.15, 0.2) is 47.5 Å². The van der Waals surface area contributed by atoms with Crippen LogP contribution in [0, 0.1) is 20.8 Å². The molecule has 0 spiro atoms. The van der Waals surface area contributed by atoms with Crippen LogP contribution in [-0.4, -0.2) is 47.4 Å². The third-order valence-corrected chi connectivity index (χ3v) is 6.09. The second-order valence-electron chi connectivity index (χ2n) is 7.34. The third-order valence-electron chi connectivity index (χ3n) is 4.91. The Bertz CT molecular complexity index is 974. The molecule has 0 saturated carbocycles. The predicted molar refractivity (Wildman–Crippen MR) is 122 cm³/mol. The van der Waals surface area contributed by atoms with Crippen LogP contribution in [-0.2, 0) is 14.3 Å². The van der Waals surface area contributed by atoms with E-state index in [1.54, 1.807) is 12.0 Å². The number of carbonyl (C=O) groups excluding carboxylic acids is 2. The van der Waals surface area contributed by atoms with Gasteiger partial charge in [0.1, 0.15) is 5.25 Å². The Morgan fingerprint density at radius 3 is 2.67 bits per heavy atom. The fourth-order valence-corrected chi connectivity index (χ4v) is 4.32. The fraction of sp³-hybridized carbons (Fsp3) is 0.348. The highest BCUT2D eigenvalue weighted by molar-refractivity contribution is 8.15. The number of nitrogens with zero attached hydrogens (tertiary/aromatic N) is 2. The molecule has 0 aliphatic carbocycles. The van der Waals surface area contributed by atoms with Crippen LogP contribution in [0.4, 0.5) is 11.4 Å². The Morgan fingerprint density at radius 1 is 1.17 bits per heavy atom. The molecule has 1 heterocycles. The molecular formula is C23H27N3O3S. The summed E-state index contributed by atoms with van der Waals surface area (Å²) in [4.78, 5) is 32.0. The minimum atomic E-state index is -0.505. The highest BCUT2D eigenvalue weighted by Gasteiger charge is 2.39. The van der Waals surface area contributed by atoms with Gasteiger partial charge in [-0.1, -0.05) is 42.1 Å². The number of para-hydroxylation sites is 1. The third kappa shape index (κ3) is 5.29. The first-order chi connectivity index (χ1) is 14.4. The zero-order valence-electron chi connectivity index (χ0n) is 17.8. The molecule has 3 rings (SSSR count). The van der Waals surface area contributed by atoms with E-state index in [9.17, 15) is 9.59 Å². The first-order valence-electron chi connectivity index (χ1n) is 9.87. The van der Waals surface area contributed by atoms with Crippen LogP contribution < -0.4 is 5.32 Å². The lowest BCUT2D eigenvalue weighted by Gasteiger charge is -2.16. The lowest BCUT2D eigenvalue weighted by molar-refractivity contribution is -0.128. The molecule has 6 nitrogen and oxygen atoms in total. The summed E-state index contributed by atoms with van der Waals surface area (Å²) >= 11 is 1.34. The number of ether oxygens (including phenoxy) is 1. The summed E-state index contributed by atoms with van der Waals surface area (Å²) in [7, 11) is 1.60. The average Bonchev–Trinajstić information content (AvgIpc) is 2.99. The summed E-state index contributed by atoms with van der Waals surface area (Å²) in [6, 6.07) is 13.6. The van der Waals surface area contributed by atoms with Crippen molar-refractivity contribution in [2.45, 2.75) is 32.4 Å². The standard InChI is InChI=1S/C23H27N3O3S/c1-15-9-10-17(3)19(13-15)25-23-26(11-12-29-4)22(28)20(30-23)14-21(27)24-18-8-6-5-7-16(18)2/h5-10,13,20H,11-12,14H2,1-4H3,(H,24,27)/t20-/m0/s1. The van der Waals surface area contributed by atoms with E-state index in [-0.39, 0.29) is 18.2 Å². The number of hydrogen-bond acceptors (Lipinski definition) is 5. The van der Waals surface area contributed by atoms with Crippen LogP contribution in [0.3, 0.4) is 0 Å². The first kappa shape index (κ1) is 22.1. The Morgan fingerprint density at radius 2 is 1.93 bits per heavy atom. The maximum atomic E-state index is 13.0.